The molecule has 0 amide bonds. The van der Waals surface area contributed by atoms with E-state index in [1.54, 1.807) is 13.0 Å². The molecule has 1 fully saturated rings. The van der Waals surface area contributed by atoms with Crippen LogP contribution in [0, 0.1) is 6.92 Å². The van der Waals surface area contributed by atoms with E-state index in [2.05, 4.69) is 15.0 Å². The molecular formula is C18H23F2N5O4S. The van der Waals surface area contributed by atoms with Gasteiger partial charge in [-0.05, 0) is 25.0 Å². The maximum Gasteiger partial charge on any atom is 0.387 e. The Labute approximate surface area is 173 Å². The van der Waals surface area contributed by atoms with E-state index >= 15 is 0 Å². The van der Waals surface area contributed by atoms with Crippen LogP contribution in [-0.4, -0.2) is 56.0 Å². The van der Waals surface area contributed by atoms with Gasteiger partial charge in [0.25, 0.3) is 0 Å². The second kappa shape index (κ2) is 9.04. The highest BCUT2D eigenvalue weighted by Crippen LogP contribution is 2.34. The van der Waals surface area contributed by atoms with Crippen LogP contribution in [-0.2, 0) is 20.3 Å². The van der Waals surface area contributed by atoms with Crippen molar-refractivity contribution >= 4 is 21.6 Å². The minimum Gasteiger partial charge on any atom is -0.433 e. The van der Waals surface area contributed by atoms with Crippen molar-refractivity contribution in [1.82, 2.24) is 15.0 Å². The van der Waals surface area contributed by atoms with E-state index < -0.39 is 22.5 Å². The number of ether oxygens (including phenoxy) is 2. The highest BCUT2D eigenvalue weighted by atomic mass is 32.2. The molecule has 164 valence electrons. The monoisotopic (exact) mass is 443 g/mol. The number of hydrogen-bond donors (Lipinski definition) is 1. The summed E-state index contributed by atoms with van der Waals surface area (Å²) in [7, 11) is -3.38. The molecule has 0 aliphatic carbocycles. The summed E-state index contributed by atoms with van der Waals surface area (Å²) < 4.78 is 59.7. The van der Waals surface area contributed by atoms with Gasteiger partial charge in [-0.25, -0.2) is 13.4 Å². The van der Waals surface area contributed by atoms with Crippen molar-refractivity contribution in [2.24, 2.45) is 0 Å². The van der Waals surface area contributed by atoms with Crippen LogP contribution in [0.2, 0.25) is 0 Å². The zero-order valence-electron chi connectivity index (χ0n) is 16.6. The van der Waals surface area contributed by atoms with Gasteiger partial charge in [-0.15, -0.1) is 0 Å². The van der Waals surface area contributed by atoms with Gasteiger partial charge in [0, 0.05) is 37.4 Å². The fourth-order valence-corrected chi connectivity index (χ4v) is 4.08. The molecule has 9 nitrogen and oxygen atoms in total. The molecule has 30 heavy (non-hydrogen) atoms. The number of rotatable bonds is 6. The van der Waals surface area contributed by atoms with E-state index in [-0.39, 0.29) is 35.3 Å². The maximum absolute atomic E-state index is 13.1. The first-order chi connectivity index (χ1) is 14.1. The Kier molecular flexibility index (Phi) is 6.66. The quantitative estimate of drug-likeness (QED) is 0.713. The van der Waals surface area contributed by atoms with Crippen molar-refractivity contribution in [1.29, 1.82) is 0 Å². The third-order valence-electron chi connectivity index (χ3n) is 4.39. The number of hydrogen-bond acceptors (Lipinski definition) is 9. The summed E-state index contributed by atoms with van der Waals surface area (Å²) in [6, 6.07) is 2.42. The van der Waals surface area contributed by atoms with E-state index in [4.69, 9.17) is 15.2 Å². The first-order valence-corrected chi connectivity index (χ1v) is 11.3. The van der Waals surface area contributed by atoms with Crippen LogP contribution in [0.3, 0.4) is 0 Å². The Morgan fingerprint density at radius 3 is 2.80 bits per heavy atom. The number of nitrogen functional groups attached to an aromatic ring is 1. The van der Waals surface area contributed by atoms with Crippen LogP contribution < -0.4 is 15.4 Å². The van der Waals surface area contributed by atoms with Gasteiger partial charge >= 0.3 is 6.61 Å². The molecule has 3 rings (SSSR count). The summed E-state index contributed by atoms with van der Waals surface area (Å²) in [4.78, 5) is 14.5. The van der Waals surface area contributed by atoms with Crippen LogP contribution in [0.25, 0.3) is 0 Å². The van der Waals surface area contributed by atoms with Crippen molar-refractivity contribution in [3.05, 3.63) is 35.3 Å². The minimum atomic E-state index is -3.38. The second-order valence-corrected chi connectivity index (χ2v) is 9.18. The third-order valence-corrected chi connectivity index (χ3v) is 5.25. The third kappa shape index (κ3) is 5.72. The van der Waals surface area contributed by atoms with Crippen LogP contribution in [0.4, 0.5) is 20.5 Å². The Morgan fingerprint density at radius 1 is 1.37 bits per heavy atom. The summed E-state index contributed by atoms with van der Waals surface area (Å²) >= 11 is 0. The summed E-state index contributed by atoms with van der Waals surface area (Å²) in [6.45, 7) is -0.184. The van der Waals surface area contributed by atoms with Crippen LogP contribution in [0.15, 0.2) is 18.3 Å². The smallest absolute Gasteiger partial charge is 0.387 e. The second-order valence-electron chi connectivity index (χ2n) is 7.04. The van der Waals surface area contributed by atoms with Crippen molar-refractivity contribution in [2.45, 2.75) is 31.8 Å². The number of nitrogens with two attached hydrogens (primary N) is 1. The molecule has 1 atom stereocenters. The average Bonchev–Trinajstić information content (AvgIpc) is 2.85. The van der Waals surface area contributed by atoms with Crippen molar-refractivity contribution in [3.8, 4) is 5.75 Å². The minimum absolute atomic E-state index is 0.0921. The number of sulfone groups is 1. The van der Waals surface area contributed by atoms with Crippen LogP contribution in [0.1, 0.15) is 29.4 Å². The van der Waals surface area contributed by atoms with Gasteiger partial charge in [-0.1, -0.05) is 0 Å². The molecule has 2 aromatic heterocycles. The van der Waals surface area contributed by atoms with E-state index in [0.29, 0.717) is 31.1 Å². The highest BCUT2D eigenvalue weighted by molar-refractivity contribution is 7.89. The first kappa shape index (κ1) is 22.1. The van der Waals surface area contributed by atoms with Crippen molar-refractivity contribution < 1.29 is 26.7 Å². The van der Waals surface area contributed by atoms with Gasteiger partial charge in [0.2, 0.25) is 5.95 Å². The number of alkyl halides is 2. The predicted molar refractivity (Wildman–Crippen MR) is 106 cm³/mol. The highest BCUT2D eigenvalue weighted by Gasteiger charge is 2.30. The molecule has 3 heterocycles. The molecule has 0 aromatic carbocycles. The van der Waals surface area contributed by atoms with Crippen molar-refractivity contribution in [2.75, 3.05) is 36.6 Å². The van der Waals surface area contributed by atoms with E-state index in [9.17, 15) is 17.2 Å². The zero-order valence-corrected chi connectivity index (χ0v) is 17.4. The predicted octanol–water partition coefficient (Wildman–Crippen LogP) is 1.88. The largest absolute Gasteiger partial charge is 0.433 e. The number of nitrogens with zero attached hydrogens (tertiary/aromatic N) is 4. The molecule has 0 bridgehead atoms. The summed E-state index contributed by atoms with van der Waals surface area (Å²) in [5, 5.41) is 0. The molecule has 12 heteroatoms. The SMILES string of the molecule is Cc1cc(N2CCCOCC2c2ncc(CS(C)(=O)=O)cc2OC(F)F)nc(N)n1. The molecule has 1 unspecified atom stereocenters. The summed E-state index contributed by atoms with van der Waals surface area (Å²) in [5.41, 5.74) is 6.89. The molecule has 2 N–H and O–H groups in total. The zero-order chi connectivity index (χ0) is 21.9. The fourth-order valence-electron chi connectivity index (χ4n) is 3.32. The number of aromatic nitrogens is 3. The molecule has 0 radical (unpaired) electrons. The molecule has 1 aliphatic rings. The summed E-state index contributed by atoms with van der Waals surface area (Å²) in [6.07, 6.45) is 3.07. The van der Waals surface area contributed by atoms with Gasteiger partial charge in [0.15, 0.2) is 9.84 Å². The first-order valence-electron chi connectivity index (χ1n) is 9.19. The van der Waals surface area contributed by atoms with Crippen LogP contribution >= 0.6 is 0 Å². The van der Waals surface area contributed by atoms with Gasteiger partial charge in [-0.2, -0.15) is 13.8 Å². The van der Waals surface area contributed by atoms with E-state index in [1.807, 2.05) is 4.90 Å². The summed E-state index contributed by atoms with van der Waals surface area (Å²) in [5.74, 6) is 0.0622. The molecule has 1 aliphatic heterocycles. The Bertz CT molecular complexity index is 986. The van der Waals surface area contributed by atoms with Gasteiger partial charge < -0.3 is 20.1 Å². The van der Waals surface area contributed by atoms with Crippen molar-refractivity contribution in [3.63, 3.8) is 0 Å². The molecule has 0 spiro atoms. The number of halogens is 2. The number of aryl methyl sites for hydroxylation is 1. The Balaban J connectivity index is 2.06. The van der Waals surface area contributed by atoms with E-state index in [1.165, 1.54) is 12.3 Å². The maximum atomic E-state index is 13.1. The average molecular weight is 443 g/mol. The lowest BCUT2D eigenvalue weighted by molar-refractivity contribution is -0.0512. The molecular weight excluding hydrogens is 420 g/mol. The van der Waals surface area contributed by atoms with Gasteiger partial charge in [0.05, 0.1) is 18.4 Å². The number of pyridine rings is 1. The lowest BCUT2D eigenvalue weighted by Crippen LogP contribution is -2.33. The normalized spacial score (nSPS) is 17.8. The molecule has 0 saturated carbocycles. The lowest BCUT2D eigenvalue weighted by Gasteiger charge is -2.31. The number of anilines is 2. The lowest BCUT2D eigenvalue weighted by atomic mass is 10.1. The Hall–Kier alpha value is -2.60. The molecule has 1 saturated heterocycles. The topological polar surface area (TPSA) is 121 Å². The van der Waals surface area contributed by atoms with Gasteiger partial charge in [0.1, 0.15) is 17.3 Å². The Morgan fingerprint density at radius 2 is 2.13 bits per heavy atom. The standard InChI is InChI=1S/C18H23F2N5O4S/c1-11-6-15(24-18(21)23-11)25-4-3-5-28-9-13(25)16-14(29-17(19)20)7-12(8-22-16)10-30(2,26)27/h6-8,13,17H,3-5,9-10H2,1-2H3,(H2,21,23,24). The fraction of sp³-hybridized carbons (Fsp3) is 0.500. The van der Waals surface area contributed by atoms with Gasteiger partial charge in [-0.3, -0.25) is 4.98 Å². The van der Waals surface area contributed by atoms with E-state index in [0.717, 1.165) is 6.26 Å². The molecule has 2 aromatic rings. The van der Waals surface area contributed by atoms with Crippen LogP contribution in [0.5, 0.6) is 5.75 Å².